The predicted octanol–water partition coefficient (Wildman–Crippen LogP) is 3.63. The fourth-order valence-corrected chi connectivity index (χ4v) is 3.16. The molecule has 6 heteroatoms. The Morgan fingerprint density at radius 1 is 1.43 bits per heavy atom. The number of nitrogens with two attached hydrogens (primary N) is 1. The lowest BCUT2D eigenvalue weighted by molar-refractivity contribution is -0.120. The lowest BCUT2D eigenvalue weighted by Gasteiger charge is -2.25. The van der Waals surface area contributed by atoms with Gasteiger partial charge in [0.25, 0.3) is 0 Å². The number of hydrogen-bond acceptors (Lipinski definition) is 3. The number of likely N-dealkylation sites (tertiary alicyclic amines) is 1. The monoisotopic (exact) mass is 329 g/mol. The molecule has 0 saturated carbocycles. The summed E-state index contributed by atoms with van der Waals surface area (Å²) >= 11 is 12.0. The average molecular weight is 330 g/mol. The van der Waals surface area contributed by atoms with Crippen LogP contribution < -0.4 is 11.1 Å². The van der Waals surface area contributed by atoms with Crippen LogP contribution in [0.4, 0.5) is 11.4 Å². The molecule has 1 saturated heterocycles. The highest BCUT2D eigenvalue weighted by molar-refractivity contribution is 6.37. The molecule has 0 aliphatic carbocycles. The van der Waals surface area contributed by atoms with Gasteiger partial charge in [0.15, 0.2) is 0 Å². The van der Waals surface area contributed by atoms with E-state index in [4.69, 9.17) is 28.9 Å². The van der Waals surface area contributed by atoms with Gasteiger partial charge >= 0.3 is 0 Å². The molecule has 0 radical (unpaired) electrons. The van der Waals surface area contributed by atoms with Gasteiger partial charge in [-0.3, -0.25) is 9.69 Å². The minimum atomic E-state index is -0.224. The molecular weight excluding hydrogens is 309 g/mol. The summed E-state index contributed by atoms with van der Waals surface area (Å²) in [6, 6.07) is 2.92. The molecule has 1 fully saturated rings. The standard InChI is InChI=1S/C15H21Cl2N3O/c1-9(20-5-4-15(2,3)8-20)14(21)19-13-11(17)6-10(16)7-12(13)18/h6-7,9H,4-5,8,18H2,1-3H3,(H,19,21). The van der Waals surface area contributed by atoms with Crippen LogP contribution in [0.25, 0.3) is 0 Å². The van der Waals surface area contributed by atoms with E-state index in [1.807, 2.05) is 6.92 Å². The SMILES string of the molecule is CC(C(=O)Nc1c(N)cc(Cl)cc1Cl)N1CCC(C)(C)C1. The molecule has 0 aromatic heterocycles. The smallest absolute Gasteiger partial charge is 0.241 e. The lowest BCUT2D eigenvalue weighted by atomic mass is 9.93. The Bertz CT molecular complexity index is 537. The lowest BCUT2D eigenvalue weighted by Crippen LogP contribution is -2.41. The minimum Gasteiger partial charge on any atom is -0.397 e. The number of benzene rings is 1. The Hall–Kier alpha value is -0.970. The van der Waals surface area contributed by atoms with Crippen molar-refractivity contribution in [3.8, 4) is 0 Å². The fraction of sp³-hybridized carbons (Fsp3) is 0.533. The number of carbonyl (C=O) groups is 1. The van der Waals surface area contributed by atoms with E-state index in [-0.39, 0.29) is 17.4 Å². The van der Waals surface area contributed by atoms with Gasteiger partial charge in [0.2, 0.25) is 5.91 Å². The molecule has 0 bridgehead atoms. The summed E-state index contributed by atoms with van der Waals surface area (Å²) in [6.07, 6.45) is 1.09. The highest BCUT2D eigenvalue weighted by Crippen LogP contribution is 2.33. The third-order valence-corrected chi connectivity index (χ3v) is 4.48. The normalized spacial score (nSPS) is 19.5. The molecule has 1 aliphatic heterocycles. The van der Waals surface area contributed by atoms with Crippen LogP contribution >= 0.6 is 23.2 Å². The van der Waals surface area contributed by atoms with Crippen molar-refractivity contribution >= 4 is 40.5 Å². The van der Waals surface area contributed by atoms with Gasteiger partial charge in [-0.05, 0) is 37.4 Å². The van der Waals surface area contributed by atoms with E-state index in [0.29, 0.717) is 21.4 Å². The summed E-state index contributed by atoms with van der Waals surface area (Å²) in [5, 5.41) is 3.61. The Labute approximate surface area is 135 Å². The van der Waals surface area contributed by atoms with Gasteiger partial charge in [-0.15, -0.1) is 0 Å². The van der Waals surface area contributed by atoms with Crippen LogP contribution in [0.5, 0.6) is 0 Å². The number of nitrogen functional groups attached to an aromatic ring is 1. The first-order chi connectivity index (χ1) is 9.69. The highest BCUT2D eigenvalue weighted by Gasteiger charge is 2.34. The van der Waals surface area contributed by atoms with Crippen LogP contribution in [0.3, 0.4) is 0 Å². The first-order valence-electron chi connectivity index (χ1n) is 6.99. The Morgan fingerprint density at radius 2 is 2.10 bits per heavy atom. The van der Waals surface area contributed by atoms with E-state index < -0.39 is 0 Å². The Morgan fingerprint density at radius 3 is 2.62 bits per heavy atom. The van der Waals surface area contributed by atoms with E-state index in [0.717, 1.165) is 19.5 Å². The molecule has 1 aliphatic rings. The fourth-order valence-electron chi connectivity index (χ4n) is 2.60. The summed E-state index contributed by atoms with van der Waals surface area (Å²) in [7, 11) is 0. The van der Waals surface area contributed by atoms with Gasteiger partial charge in [-0.2, -0.15) is 0 Å². The molecule has 1 atom stereocenters. The number of rotatable bonds is 3. The second-order valence-electron chi connectivity index (χ2n) is 6.40. The summed E-state index contributed by atoms with van der Waals surface area (Å²) < 4.78 is 0. The van der Waals surface area contributed by atoms with Crippen LogP contribution in [0.1, 0.15) is 27.2 Å². The summed E-state index contributed by atoms with van der Waals surface area (Å²) in [6.45, 7) is 8.16. The van der Waals surface area contributed by atoms with Crippen LogP contribution in [-0.2, 0) is 4.79 Å². The van der Waals surface area contributed by atoms with Crippen molar-refractivity contribution < 1.29 is 4.79 Å². The minimum absolute atomic E-state index is 0.108. The van der Waals surface area contributed by atoms with E-state index in [1.165, 1.54) is 0 Å². The van der Waals surface area contributed by atoms with Crippen LogP contribution in [0, 0.1) is 5.41 Å². The largest absolute Gasteiger partial charge is 0.397 e. The molecule has 21 heavy (non-hydrogen) atoms. The topological polar surface area (TPSA) is 58.4 Å². The van der Waals surface area contributed by atoms with Crippen LogP contribution in [0.15, 0.2) is 12.1 Å². The van der Waals surface area contributed by atoms with Gasteiger partial charge < -0.3 is 11.1 Å². The average Bonchev–Trinajstić information content (AvgIpc) is 2.73. The molecule has 0 spiro atoms. The molecule has 3 N–H and O–H groups in total. The zero-order chi connectivity index (χ0) is 15.8. The predicted molar refractivity (Wildman–Crippen MR) is 88.9 cm³/mol. The number of nitrogens with zero attached hydrogens (tertiary/aromatic N) is 1. The number of amides is 1. The first kappa shape index (κ1) is 16.4. The molecule has 4 nitrogen and oxygen atoms in total. The Balaban J connectivity index is 2.08. The summed E-state index contributed by atoms with van der Waals surface area (Å²) in [4.78, 5) is 14.6. The van der Waals surface area contributed by atoms with E-state index in [2.05, 4.69) is 24.1 Å². The van der Waals surface area contributed by atoms with Gasteiger partial charge in [0.1, 0.15) is 0 Å². The van der Waals surface area contributed by atoms with Crippen molar-refractivity contribution in [2.75, 3.05) is 24.1 Å². The third-order valence-electron chi connectivity index (χ3n) is 3.97. The summed E-state index contributed by atoms with van der Waals surface area (Å²) in [5.41, 5.74) is 6.92. The maximum Gasteiger partial charge on any atom is 0.241 e. The quantitative estimate of drug-likeness (QED) is 0.832. The number of nitrogens with one attached hydrogen (secondary N) is 1. The van der Waals surface area contributed by atoms with Gasteiger partial charge in [-0.1, -0.05) is 37.0 Å². The number of halogens is 2. The molecule has 2 rings (SSSR count). The molecule has 1 heterocycles. The zero-order valence-electron chi connectivity index (χ0n) is 12.5. The maximum atomic E-state index is 12.4. The van der Waals surface area contributed by atoms with E-state index in [9.17, 15) is 4.79 Å². The molecule has 1 aromatic carbocycles. The van der Waals surface area contributed by atoms with Crippen LogP contribution in [0.2, 0.25) is 10.0 Å². The van der Waals surface area contributed by atoms with Gasteiger partial charge in [0, 0.05) is 11.6 Å². The molecule has 1 unspecified atom stereocenters. The molecule has 1 aromatic rings. The number of anilines is 2. The van der Waals surface area contributed by atoms with Crippen molar-refractivity contribution in [1.82, 2.24) is 4.90 Å². The number of carbonyl (C=O) groups excluding carboxylic acids is 1. The maximum absolute atomic E-state index is 12.4. The zero-order valence-corrected chi connectivity index (χ0v) is 14.1. The molecule has 116 valence electrons. The highest BCUT2D eigenvalue weighted by atomic mass is 35.5. The van der Waals surface area contributed by atoms with Gasteiger partial charge in [-0.25, -0.2) is 0 Å². The first-order valence-corrected chi connectivity index (χ1v) is 7.75. The van der Waals surface area contributed by atoms with Crippen molar-refractivity contribution in [3.63, 3.8) is 0 Å². The molecular formula is C15H21Cl2N3O. The van der Waals surface area contributed by atoms with Crippen molar-refractivity contribution in [1.29, 1.82) is 0 Å². The van der Waals surface area contributed by atoms with Crippen molar-refractivity contribution in [2.24, 2.45) is 5.41 Å². The van der Waals surface area contributed by atoms with Crippen LogP contribution in [-0.4, -0.2) is 29.9 Å². The van der Waals surface area contributed by atoms with Crippen molar-refractivity contribution in [3.05, 3.63) is 22.2 Å². The van der Waals surface area contributed by atoms with Gasteiger partial charge in [0.05, 0.1) is 22.4 Å². The number of hydrogen-bond donors (Lipinski definition) is 2. The third kappa shape index (κ3) is 3.82. The second-order valence-corrected chi connectivity index (χ2v) is 7.25. The van der Waals surface area contributed by atoms with Crippen molar-refractivity contribution in [2.45, 2.75) is 33.2 Å². The second kappa shape index (κ2) is 6.03. The molecule has 1 amide bonds. The van der Waals surface area contributed by atoms with E-state index >= 15 is 0 Å². The van der Waals surface area contributed by atoms with E-state index in [1.54, 1.807) is 12.1 Å². The summed E-state index contributed by atoms with van der Waals surface area (Å²) in [5.74, 6) is -0.108. The Kier molecular flexibility index (Phi) is 4.71.